The van der Waals surface area contributed by atoms with E-state index < -0.39 is 0 Å². The van der Waals surface area contributed by atoms with Crippen LogP contribution in [0.25, 0.3) is 0 Å². The van der Waals surface area contributed by atoms with Crippen molar-refractivity contribution in [3.63, 3.8) is 0 Å². The third-order valence-electron chi connectivity index (χ3n) is 4.63. The van der Waals surface area contributed by atoms with Crippen LogP contribution in [0.5, 0.6) is 0 Å². The molecular formula is C16H24N6O. The average molecular weight is 316 g/mol. The highest BCUT2D eigenvalue weighted by Gasteiger charge is 2.30. The molecule has 124 valence electrons. The van der Waals surface area contributed by atoms with E-state index in [0.29, 0.717) is 12.0 Å². The van der Waals surface area contributed by atoms with Crippen molar-refractivity contribution in [2.75, 3.05) is 13.1 Å². The summed E-state index contributed by atoms with van der Waals surface area (Å²) in [5.74, 6) is 2.20. The minimum absolute atomic E-state index is 0.513. The summed E-state index contributed by atoms with van der Waals surface area (Å²) >= 11 is 0. The molecule has 0 spiro atoms. The van der Waals surface area contributed by atoms with Gasteiger partial charge in [0.2, 0.25) is 5.89 Å². The first-order chi connectivity index (χ1) is 11.3. The number of hydrogen-bond acceptors (Lipinski definition) is 6. The Morgan fingerprint density at radius 3 is 3.04 bits per heavy atom. The van der Waals surface area contributed by atoms with Gasteiger partial charge in [-0.1, -0.05) is 5.16 Å². The van der Waals surface area contributed by atoms with Crippen molar-refractivity contribution < 1.29 is 4.52 Å². The van der Waals surface area contributed by atoms with E-state index in [4.69, 9.17) is 4.52 Å². The van der Waals surface area contributed by atoms with Gasteiger partial charge in [-0.3, -0.25) is 9.58 Å². The van der Waals surface area contributed by atoms with Crippen LogP contribution in [0, 0.1) is 0 Å². The van der Waals surface area contributed by atoms with Crippen LogP contribution in [-0.2, 0) is 20.1 Å². The number of likely N-dealkylation sites (tertiary alicyclic amines) is 1. The summed E-state index contributed by atoms with van der Waals surface area (Å²) in [6.45, 7) is 3.81. The standard InChI is InChI=1S/C16H24N6O/c1-21-9-12(8-18-21)7-17-14-3-2-6-22(10-14)11-15-19-16(23-20-15)13-4-5-13/h8-9,13-14,17H,2-7,10-11H2,1H3. The van der Waals surface area contributed by atoms with Crippen molar-refractivity contribution in [2.45, 2.75) is 50.7 Å². The zero-order valence-electron chi connectivity index (χ0n) is 13.6. The molecule has 1 aliphatic heterocycles. The molecule has 2 fully saturated rings. The zero-order valence-corrected chi connectivity index (χ0v) is 13.6. The molecule has 1 saturated carbocycles. The fraction of sp³-hybridized carbons (Fsp3) is 0.688. The van der Waals surface area contributed by atoms with Gasteiger partial charge in [0.15, 0.2) is 5.82 Å². The molecule has 1 saturated heterocycles. The van der Waals surface area contributed by atoms with Crippen molar-refractivity contribution >= 4 is 0 Å². The largest absolute Gasteiger partial charge is 0.339 e. The second-order valence-corrected chi connectivity index (χ2v) is 6.80. The van der Waals surface area contributed by atoms with Crippen LogP contribution < -0.4 is 5.32 Å². The number of aromatic nitrogens is 4. The van der Waals surface area contributed by atoms with E-state index in [1.807, 2.05) is 17.9 Å². The number of hydrogen-bond donors (Lipinski definition) is 1. The minimum atomic E-state index is 0.513. The molecule has 7 heteroatoms. The van der Waals surface area contributed by atoms with Crippen LogP contribution in [0.3, 0.4) is 0 Å². The van der Waals surface area contributed by atoms with Crippen LogP contribution >= 0.6 is 0 Å². The van der Waals surface area contributed by atoms with Crippen LogP contribution in [-0.4, -0.2) is 44.0 Å². The molecule has 0 amide bonds. The molecule has 3 heterocycles. The predicted octanol–water partition coefficient (Wildman–Crippen LogP) is 1.43. The molecule has 0 bridgehead atoms. The van der Waals surface area contributed by atoms with E-state index in [1.165, 1.54) is 31.2 Å². The highest BCUT2D eigenvalue weighted by Crippen LogP contribution is 2.38. The lowest BCUT2D eigenvalue weighted by Crippen LogP contribution is -2.45. The van der Waals surface area contributed by atoms with Crippen molar-refractivity contribution in [3.05, 3.63) is 29.7 Å². The molecule has 2 aromatic rings. The topological polar surface area (TPSA) is 72.0 Å². The maximum Gasteiger partial charge on any atom is 0.229 e. The molecule has 0 aromatic carbocycles. The maximum absolute atomic E-state index is 5.35. The highest BCUT2D eigenvalue weighted by molar-refractivity contribution is 5.04. The molecule has 23 heavy (non-hydrogen) atoms. The number of rotatable bonds is 6. The van der Waals surface area contributed by atoms with E-state index >= 15 is 0 Å². The van der Waals surface area contributed by atoms with Crippen molar-refractivity contribution in [3.8, 4) is 0 Å². The van der Waals surface area contributed by atoms with Gasteiger partial charge < -0.3 is 9.84 Å². The lowest BCUT2D eigenvalue weighted by Gasteiger charge is -2.32. The highest BCUT2D eigenvalue weighted by atomic mass is 16.5. The first-order valence-corrected chi connectivity index (χ1v) is 8.52. The van der Waals surface area contributed by atoms with Crippen LogP contribution in [0.4, 0.5) is 0 Å². The van der Waals surface area contributed by atoms with Crippen LogP contribution in [0.15, 0.2) is 16.9 Å². The number of aryl methyl sites for hydroxylation is 1. The monoisotopic (exact) mass is 316 g/mol. The Morgan fingerprint density at radius 2 is 2.26 bits per heavy atom. The number of nitrogens with one attached hydrogen (secondary N) is 1. The second-order valence-electron chi connectivity index (χ2n) is 6.80. The Kier molecular flexibility index (Phi) is 4.13. The van der Waals surface area contributed by atoms with Gasteiger partial charge in [0.05, 0.1) is 12.7 Å². The molecule has 2 aromatic heterocycles. The fourth-order valence-electron chi connectivity index (χ4n) is 3.22. The predicted molar refractivity (Wildman–Crippen MR) is 84.6 cm³/mol. The third-order valence-corrected chi connectivity index (χ3v) is 4.63. The summed E-state index contributed by atoms with van der Waals surface area (Å²) in [7, 11) is 1.95. The van der Waals surface area contributed by atoms with Gasteiger partial charge in [0, 0.05) is 43.9 Å². The minimum Gasteiger partial charge on any atom is -0.339 e. The first-order valence-electron chi connectivity index (χ1n) is 8.52. The van der Waals surface area contributed by atoms with E-state index in [1.54, 1.807) is 0 Å². The quantitative estimate of drug-likeness (QED) is 0.869. The molecule has 1 aliphatic carbocycles. The van der Waals surface area contributed by atoms with Gasteiger partial charge in [0.25, 0.3) is 0 Å². The number of piperidine rings is 1. The molecular weight excluding hydrogens is 292 g/mol. The number of nitrogens with zero attached hydrogens (tertiary/aromatic N) is 5. The van der Waals surface area contributed by atoms with E-state index in [9.17, 15) is 0 Å². The van der Waals surface area contributed by atoms with E-state index in [0.717, 1.165) is 37.9 Å². The smallest absolute Gasteiger partial charge is 0.229 e. The van der Waals surface area contributed by atoms with Gasteiger partial charge in [-0.15, -0.1) is 0 Å². The zero-order chi connectivity index (χ0) is 15.6. The van der Waals surface area contributed by atoms with Gasteiger partial charge in [-0.05, 0) is 32.2 Å². The Labute approximate surface area is 136 Å². The van der Waals surface area contributed by atoms with E-state index in [-0.39, 0.29) is 0 Å². The normalized spacial score (nSPS) is 22.6. The second kappa shape index (κ2) is 6.41. The third kappa shape index (κ3) is 3.79. The van der Waals surface area contributed by atoms with Gasteiger partial charge in [0.1, 0.15) is 0 Å². The van der Waals surface area contributed by atoms with Gasteiger partial charge in [-0.25, -0.2) is 0 Å². The summed E-state index contributed by atoms with van der Waals surface area (Å²) in [5.41, 5.74) is 1.23. The Morgan fingerprint density at radius 1 is 1.35 bits per heavy atom. The summed E-state index contributed by atoms with van der Waals surface area (Å²) in [5, 5.41) is 12.0. The lowest BCUT2D eigenvalue weighted by molar-refractivity contribution is 0.177. The summed E-state index contributed by atoms with van der Waals surface area (Å²) in [6, 6.07) is 0.513. The Hall–Kier alpha value is -1.73. The van der Waals surface area contributed by atoms with Crippen LogP contribution in [0.2, 0.25) is 0 Å². The molecule has 1 N–H and O–H groups in total. The molecule has 4 rings (SSSR count). The maximum atomic E-state index is 5.35. The SMILES string of the molecule is Cn1cc(CNC2CCCN(Cc3noc(C4CC4)n3)C2)cn1. The Balaban J connectivity index is 1.27. The summed E-state index contributed by atoms with van der Waals surface area (Å²) in [6.07, 6.45) is 8.81. The molecule has 2 aliphatic rings. The average Bonchev–Trinajstić information content (AvgIpc) is 3.16. The van der Waals surface area contributed by atoms with E-state index in [2.05, 4.69) is 31.7 Å². The van der Waals surface area contributed by atoms with Crippen molar-refractivity contribution in [1.82, 2.24) is 30.1 Å². The van der Waals surface area contributed by atoms with Crippen LogP contribution in [0.1, 0.15) is 48.9 Å². The Bertz CT molecular complexity index is 647. The summed E-state index contributed by atoms with van der Waals surface area (Å²) in [4.78, 5) is 6.96. The lowest BCUT2D eigenvalue weighted by atomic mass is 10.1. The van der Waals surface area contributed by atoms with Gasteiger partial charge >= 0.3 is 0 Å². The van der Waals surface area contributed by atoms with Crippen molar-refractivity contribution in [2.24, 2.45) is 7.05 Å². The van der Waals surface area contributed by atoms with Gasteiger partial charge in [-0.2, -0.15) is 10.1 Å². The fourth-order valence-corrected chi connectivity index (χ4v) is 3.22. The summed E-state index contributed by atoms with van der Waals surface area (Å²) < 4.78 is 7.20. The molecule has 0 radical (unpaired) electrons. The first kappa shape index (κ1) is 14.8. The van der Waals surface area contributed by atoms with Crippen molar-refractivity contribution in [1.29, 1.82) is 0 Å². The molecule has 1 atom stereocenters. The molecule has 1 unspecified atom stereocenters. The molecule has 7 nitrogen and oxygen atoms in total.